The van der Waals surface area contributed by atoms with E-state index in [1.54, 1.807) is 24.3 Å². The molecule has 1 amide bonds. The smallest absolute Gasteiger partial charge is 0.261 e. The highest BCUT2D eigenvalue weighted by atomic mass is 32.2. The van der Waals surface area contributed by atoms with Gasteiger partial charge in [0, 0.05) is 17.8 Å². The van der Waals surface area contributed by atoms with Crippen LogP contribution in [0.15, 0.2) is 53.4 Å². The Morgan fingerprint density at radius 2 is 1.65 bits per heavy atom. The molecule has 0 saturated heterocycles. The van der Waals surface area contributed by atoms with E-state index in [2.05, 4.69) is 10.0 Å². The van der Waals surface area contributed by atoms with Crippen LogP contribution in [0, 0.1) is 0 Å². The topological polar surface area (TPSA) is 84.5 Å². The number of ether oxygens (including phenoxy) is 1. The highest BCUT2D eigenvalue weighted by Gasteiger charge is 2.15. The molecule has 0 bridgehead atoms. The Morgan fingerprint density at radius 3 is 2.19 bits per heavy atom. The molecule has 2 N–H and O–H groups in total. The van der Waals surface area contributed by atoms with Crippen LogP contribution >= 0.6 is 0 Å². The number of anilines is 1. The number of hydrogen-bond acceptors (Lipinski definition) is 4. The van der Waals surface area contributed by atoms with Crippen molar-refractivity contribution in [2.45, 2.75) is 38.2 Å². The second kappa shape index (κ2) is 8.71. The minimum Gasteiger partial charge on any atom is -0.491 e. The molecule has 140 valence electrons. The van der Waals surface area contributed by atoms with Gasteiger partial charge < -0.3 is 10.1 Å². The van der Waals surface area contributed by atoms with Crippen LogP contribution in [0.25, 0.3) is 0 Å². The maximum atomic E-state index is 12.5. The highest BCUT2D eigenvalue weighted by Crippen LogP contribution is 2.20. The van der Waals surface area contributed by atoms with Gasteiger partial charge in [0.05, 0.1) is 11.0 Å². The minimum atomic E-state index is -3.73. The Bertz CT molecular complexity index is 829. The van der Waals surface area contributed by atoms with Crippen molar-refractivity contribution < 1.29 is 17.9 Å². The summed E-state index contributed by atoms with van der Waals surface area (Å²) >= 11 is 0. The molecule has 0 radical (unpaired) electrons. The van der Waals surface area contributed by atoms with Crippen molar-refractivity contribution in [3.8, 4) is 5.75 Å². The predicted octanol–water partition coefficient (Wildman–Crippen LogP) is 3.41. The molecule has 6 nitrogen and oxygen atoms in total. The molecule has 2 aromatic carbocycles. The van der Waals surface area contributed by atoms with Crippen molar-refractivity contribution >= 4 is 21.6 Å². The van der Waals surface area contributed by atoms with Gasteiger partial charge in [0.15, 0.2) is 0 Å². The molecule has 2 rings (SSSR count). The Hall–Kier alpha value is -2.54. The third kappa shape index (κ3) is 5.49. The molecule has 0 spiro atoms. The van der Waals surface area contributed by atoms with E-state index in [1.165, 1.54) is 24.3 Å². The SMILES string of the molecule is CCCNC(=O)c1ccc(S(=O)(=O)Nc2ccc(OC(C)C)cc2)cc1. The molecule has 0 aromatic heterocycles. The number of nitrogens with one attached hydrogen (secondary N) is 2. The highest BCUT2D eigenvalue weighted by molar-refractivity contribution is 7.92. The van der Waals surface area contributed by atoms with Crippen LogP contribution in [0.4, 0.5) is 5.69 Å². The summed E-state index contributed by atoms with van der Waals surface area (Å²) in [6, 6.07) is 12.5. The van der Waals surface area contributed by atoms with Gasteiger partial charge in [-0.25, -0.2) is 8.42 Å². The number of carbonyl (C=O) groups excluding carboxylic acids is 1. The quantitative estimate of drug-likeness (QED) is 0.739. The van der Waals surface area contributed by atoms with E-state index >= 15 is 0 Å². The first-order chi connectivity index (χ1) is 12.3. The number of amides is 1. The molecule has 0 saturated carbocycles. The first-order valence-corrected chi connectivity index (χ1v) is 9.98. The summed E-state index contributed by atoms with van der Waals surface area (Å²) in [4.78, 5) is 12.0. The van der Waals surface area contributed by atoms with Gasteiger partial charge in [-0.1, -0.05) is 6.92 Å². The van der Waals surface area contributed by atoms with Crippen molar-refractivity contribution in [3.63, 3.8) is 0 Å². The van der Waals surface area contributed by atoms with E-state index in [1.807, 2.05) is 20.8 Å². The van der Waals surface area contributed by atoms with E-state index in [0.717, 1.165) is 6.42 Å². The van der Waals surface area contributed by atoms with Gasteiger partial charge in [-0.05, 0) is 68.8 Å². The van der Waals surface area contributed by atoms with Gasteiger partial charge >= 0.3 is 0 Å². The fourth-order valence-corrected chi connectivity index (χ4v) is 3.27. The Morgan fingerprint density at radius 1 is 1.04 bits per heavy atom. The number of benzene rings is 2. The maximum Gasteiger partial charge on any atom is 0.261 e. The van der Waals surface area contributed by atoms with Gasteiger partial charge in [-0.3, -0.25) is 9.52 Å². The molecule has 0 fully saturated rings. The van der Waals surface area contributed by atoms with Crippen molar-refractivity contribution in [3.05, 3.63) is 54.1 Å². The molecule has 0 heterocycles. The summed E-state index contributed by atoms with van der Waals surface area (Å²) in [5.41, 5.74) is 0.860. The van der Waals surface area contributed by atoms with Crippen LogP contribution in [-0.4, -0.2) is 27.0 Å². The molecular weight excluding hydrogens is 352 g/mol. The third-order valence-electron chi connectivity index (χ3n) is 3.44. The van der Waals surface area contributed by atoms with Crippen LogP contribution < -0.4 is 14.8 Å². The summed E-state index contributed by atoms with van der Waals surface area (Å²) < 4.78 is 33.0. The fraction of sp³-hybridized carbons (Fsp3) is 0.316. The average Bonchev–Trinajstić information content (AvgIpc) is 2.61. The van der Waals surface area contributed by atoms with Crippen LogP contribution in [0.1, 0.15) is 37.6 Å². The summed E-state index contributed by atoms with van der Waals surface area (Å²) in [6.07, 6.45) is 0.883. The van der Waals surface area contributed by atoms with E-state index in [0.29, 0.717) is 23.5 Å². The Balaban J connectivity index is 2.08. The summed E-state index contributed by atoms with van der Waals surface area (Å²) in [7, 11) is -3.73. The number of hydrogen-bond donors (Lipinski definition) is 2. The van der Waals surface area contributed by atoms with Crippen molar-refractivity contribution in [2.24, 2.45) is 0 Å². The Kier molecular flexibility index (Phi) is 6.63. The van der Waals surface area contributed by atoms with E-state index in [4.69, 9.17) is 4.74 Å². The first kappa shape index (κ1) is 19.8. The van der Waals surface area contributed by atoms with Gasteiger partial charge in [0.1, 0.15) is 5.75 Å². The zero-order chi connectivity index (χ0) is 19.2. The second-order valence-electron chi connectivity index (χ2n) is 6.08. The zero-order valence-corrected chi connectivity index (χ0v) is 16.0. The average molecular weight is 376 g/mol. The number of rotatable bonds is 8. The third-order valence-corrected chi connectivity index (χ3v) is 4.84. The lowest BCUT2D eigenvalue weighted by atomic mass is 10.2. The van der Waals surface area contributed by atoms with Crippen molar-refractivity contribution in [1.29, 1.82) is 0 Å². The molecule has 0 unspecified atom stereocenters. The monoisotopic (exact) mass is 376 g/mol. The summed E-state index contributed by atoms with van der Waals surface area (Å²) in [5, 5.41) is 2.75. The lowest BCUT2D eigenvalue weighted by Gasteiger charge is -2.12. The van der Waals surface area contributed by atoms with E-state index < -0.39 is 10.0 Å². The molecule has 7 heteroatoms. The summed E-state index contributed by atoms with van der Waals surface area (Å²) in [6.45, 7) is 6.38. The lowest BCUT2D eigenvalue weighted by molar-refractivity contribution is 0.0953. The zero-order valence-electron chi connectivity index (χ0n) is 15.2. The first-order valence-electron chi connectivity index (χ1n) is 8.49. The molecular formula is C19H24N2O4S. The minimum absolute atomic E-state index is 0.0468. The van der Waals surface area contributed by atoms with Crippen molar-refractivity contribution in [2.75, 3.05) is 11.3 Å². The molecule has 2 aromatic rings. The van der Waals surface area contributed by atoms with Gasteiger partial charge in [0.25, 0.3) is 15.9 Å². The van der Waals surface area contributed by atoms with Gasteiger partial charge in [0.2, 0.25) is 0 Å². The maximum absolute atomic E-state index is 12.5. The fourth-order valence-electron chi connectivity index (χ4n) is 2.21. The normalized spacial score (nSPS) is 11.2. The molecule has 0 aliphatic rings. The van der Waals surface area contributed by atoms with Crippen LogP contribution in [0.5, 0.6) is 5.75 Å². The molecule has 0 aliphatic carbocycles. The standard InChI is InChI=1S/C19H24N2O4S/c1-4-13-20-19(22)15-5-11-18(12-6-15)26(23,24)21-16-7-9-17(10-8-16)25-14(2)3/h5-12,14,21H,4,13H2,1-3H3,(H,20,22). The van der Waals surface area contributed by atoms with E-state index in [-0.39, 0.29) is 16.9 Å². The Labute approximate surface area is 154 Å². The largest absolute Gasteiger partial charge is 0.491 e. The second-order valence-corrected chi connectivity index (χ2v) is 7.76. The van der Waals surface area contributed by atoms with Crippen LogP contribution in [-0.2, 0) is 10.0 Å². The van der Waals surface area contributed by atoms with Crippen LogP contribution in [0.3, 0.4) is 0 Å². The molecule has 26 heavy (non-hydrogen) atoms. The molecule has 0 aliphatic heterocycles. The van der Waals surface area contributed by atoms with Crippen LogP contribution in [0.2, 0.25) is 0 Å². The van der Waals surface area contributed by atoms with Gasteiger partial charge in [-0.15, -0.1) is 0 Å². The lowest BCUT2D eigenvalue weighted by Crippen LogP contribution is -2.24. The van der Waals surface area contributed by atoms with Crippen molar-refractivity contribution in [1.82, 2.24) is 5.32 Å². The number of carbonyl (C=O) groups is 1. The number of sulfonamides is 1. The van der Waals surface area contributed by atoms with Gasteiger partial charge in [-0.2, -0.15) is 0 Å². The molecule has 0 atom stereocenters. The predicted molar refractivity (Wildman–Crippen MR) is 102 cm³/mol. The van der Waals surface area contributed by atoms with E-state index in [9.17, 15) is 13.2 Å². The summed E-state index contributed by atoms with van der Waals surface area (Å²) in [5.74, 6) is 0.454.